The fourth-order valence-electron chi connectivity index (χ4n) is 3.44. The van der Waals surface area contributed by atoms with Crippen LogP contribution in [-0.4, -0.2) is 93.8 Å². The van der Waals surface area contributed by atoms with Gasteiger partial charge in [-0.3, -0.25) is 14.5 Å². The van der Waals surface area contributed by atoms with E-state index < -0.39 is 29.2 Å². The first-order valence-corrected chi connectivity index (χ1v) is 14.8. The minimum absolute atomic E-state index is 0.0982. The maximum atomic E-state index is 13.0. The molecular formula is C19H21N9O5S4. The van der Waals surface area contributed by atoms with Gasteiger partial charge in [0, 0.05) is 16.9 Å². The number of fused-ring (bicyclic) bond motifs is 1. The van der Waals surface area contributed by atoms with E-state index in [1.54, 1.807) is 11.5 Å². The molecule has 14 nitrogen and oxygen atoms in total. The predicted octanol–water partition coefficient (Wildman–Crippen LogP) is 0.470. The molecule has 0 spiro atoms. The van der Waals surface area contributed by atoms with Gasteiger partial charge in [-0.15, -0.1) is 46.5 Å². The van der Waals surface area contributed by atoms with Gasteiger partial charge in [-0.05, 0) is 22.3 Å². The van der Waals surface area contributed by atoms with Gasteiger partial charge in [0.05, 0.1) is 6.54 Å². The minimum atomic E-state index is -1.23. The number of anilines is 1. The van der Waals surface area contributed by atoms with Crippen LogP contribution >= 0.6 is 46.6 Å². The number of nitrogens with zero attached hydrogens (tertiary/aromatic N) is 7. The van der Waals surface area contributed by atoms with E-state index in [-0.39, 0.29) is 33.9 Å². The lowest BCUT2D eigenvalue weighted by Crippen LogP contribution is -2.71. The number of hydrogen-bond acceptors (Lipinski definition) is 14. The largest absolute Gasteiger partial charge is 0.477 e. The molecule has 1 fully saturated rings. The number of carboxylic acid groups (broad SMARTS) is 1. The smallest absolute Gasteiger partial charge is 0.352 e. The van der Waals surface area contributed by atoms with Crippen LogP contribution in [0.5, 0.6) is 0 Å². The Morgan fingerprint density at radius 1 is 1.49 bits per heavy atom. The number of rotatable bonds is 12. The van der Waals surface area contributed by atoms with Crippen molar-refractivity contribution >= 4 is 75.2 Å². The SMILES string of the molecule is C=CCn1nnnc1SCC1=C(C(=O)O)N2C(=O)C(NC(=O)/C(=N\OCSC)c3csc(N)n3)[C@H]2SC1. The van der Waals surface area contributed by atoms with Gasteiger partial charge < -0.3 is 21.0 Å². The molecule has 196 valence electrons. The van der Waals surface area contributed by atoms with Gasteiger partial charge in [-0.2, -0.15) is 0 Å². The number of β-lactam (4-membered cyclic amide) rings is 1. The summed E-state index contributed by atoms with van der Waals surface area (Å²) in [6.45, 7) is 4.06. The number of nitrogens with one attached hydrogen (secondary N) is 1. The number of carbonyl (C=O) groups is 3. The number of hydrogen-bond donors (Lipinski definition) is 3. The number of carbonyl (C=O) groups excluding carboxylic acids is 2. The Morgan fingerprint density at radius 2 is 2.30 bits per heavy atom. The van der Waals surface area contributed by atoms with E-state index in [9.17, 15) is 19.5 Å². The van der Waals surface area contributed by atoms with E-state index in [0.29, 0.717) is 23.0 Å². The van der Waals surface area contributed by atoms with Crippen LogP contribution in [0.3, 0.4) is 0 Å². The topological polar surface area (TPSA) is 191 Å². The Bertz CT molecular complexity index is 1280. The molecular weight excluding hydrogens is 563 g/mol. The van der Waals surface area contributed by atoms with Gasteiger partial charge in [0.2, 0.25) is 5.16 Å². The molecule has 2 atom stereocenters. The van der Waals surface area contributed by atoms with E-state index in [1.807, 2.05) is 6.26 Å². The summed E-state index contributed by atoms with van der Waals surface area (Å²) in [7, 11) is 0. The minimum Gasteiger partial charge on any atom is -0.477 e. The van der Waals surface area contributed by atoms with E-state index in [4.69, 9.17) is 10.6 Å². The summed E-state index contributed by atoms with van der Waals surface area (Å²) in [5, 5.41) is 29.6. The second kappa shape index (κ2) is 12.0. The number of thiazole rings is 1. The summed E-state index contributed by atoms with van der Waals surface area (Å²) < 4.78 is 1.54. The highest BCUT2D eigenvalue weighted by Gasteiger charge is 2.54. The molecule has 2 aromatic rings. The van der Waals surface area contributed by atoms with Crippen LogP contribution in [0.1, 0.15) is 5.69 Å². The lowest BCUT2D eigenvalue weighted by atomic mass is 10.0. The average molecular weight is 584 g/mol. The fraction of sp³-hybridized carbons (Fsp3) is 0.368. The number of allylic oxidation sites excluding steroid dienone is 1. The van der Waals surface area contributed by atoms with E-state index in [1.165, 1.54) is 44.9 Å². The third-order valence-electron chi connectivity index (χ3n) is 5.02. The van der Waals surface area contributed by atoms with Gasteiger partial charge in [-0.1, -0.05) is 23.0 Å². The molecule has 0 saturated carbocycles. The highest BCUT2D eigenvalue weighted by molar-refractivity contribution is 8.01. The Morgan fingerprint density at radius 3 is 2.97 bits per heavy atom. The predicted molar refractivity (Wildman–Crippen MR) is 141 cm³/mol. The third-order valence-corrected chi connectivity index (χ3v) is 8.42. The zero-order valence-electron chi connectivity index (χ0n) is 19.3. The van der Waals surface area contributed by atoms with Crippen molar-refractivity contribution in [3.63, 3.8) is 0 Å². The highest BCUT2D eigenvalue weighted by atomic mass is 32.2. The molecule has 4 heterocycles. The van der Waals surface area contributed by atoms with Gasteiger partial charge in [0.25, 0.3) is 11.8 Å². The van der Waals surface area contributed by atoms with Crippen molar-refractivity contribution in [2.45, 2.75) is 23.1 Å². The van der Waals surface area contributed by atoms with Crippen LogP contribution in [0.2, 0.25) is 0 Å². The van der Waals surface area contributed by atoms with E-state index >= 15 is 0 Å². The number of tetrazole rings is 1. The van der Waals surface area contributed by atoms with E-state index in [2.05, 4.69) is 37.6 Å². The maximum Gasteiger partial charge on any atom is 0.352 e. The Kier molecular flexibility index (Phi) is 8.72. The number of carboxylic acids is 1. The summed E-state index contributed by atoms with van der Waals surface area (Å²) >= 11 is 5.11. The standard InChI is InChI=1S/C19H21N9O5S4/c1-3-4-27-19(23-25-26-27)37-6-9-5-35-16-12(15(30)28(16)13(9)17(31)32)22-14(29)11(24-33-8-34-2)10-7-36-18(20)21-10/h3,7,12,16H,1,4-6,8H2,2H3,(H2,20,21)(H,22,29)(H,31,32)/b24-11-/t12?,16-/m1/s1. The van der Waals surface area contributed by atoms with Crippen LogP contribution in [0.25, 0.3) is 0 Å². The number of aliphatic carboxylic acids is 1. The molecule has 4 rings (SSSR count). The second-order valence-corrected chi connectivity index (χ2v) is 11.1. The van der Waals surface area contributed by atoms with Crippen molar-refractivity contribution in [2.75, 3.05) is 29.4 Å². The van der Waals surface area contributed by atoms with Gasteiger partial charge in [-0.25, -0.2) is 14.5 Å². The summed E-state index contributed by atoms with van der Waals surface area (Å²) in [6, 6.07) is -0.942. The van der Waals surface area contributed by atoms with Gasteiger partial charge in [0.15, 0.2) is 16.8 Å². The van der Waals surface area contributed by atoms with Crippen molar-refractivity contribution in [2.24, 2.45) is 5.16 Å². The molecule has 2 aliphatic heterocycles. The normalized spacial score (nSPS) is 19.3. The molecule has 2 aliphatic rings. The zero-order valence-corrected chi connectivity index (χ0v) is 22.5. The number of amides is 2. The van der Waals surface area contributed by atoms with Crippen molar-refractivity contribution < 1.29 is 24.3 Å². The van der Waals surface area contributed by atoms with Crippen molar-refractivity contribution in [1.29, 1.82) is 0 Å². The molecule has 18 heteroatoms. The Hall–Kier alpha value is -3.09. The number of thioether (sulfide) groups is 3. The highest BCUT2D eigenvalue weighted by Crippen LogP contribution is 2.41. The lowest BCUT2D eigenvalue weighted by Gasteiger charge is -2.49. The number of aromatic nitrogens is 5. The molecule has 1 unspecified atom stereocenters. The van der Waals surface area contributed by atoms with Gasteiger partial charge >= 0.3 is 5.97 Å². The average Bonchev–Trinajstić information content (AvgIpc) is 3.51. The van der Waals surface area contributed by atoms with Crippen molar-refractivity contribution in [3.05, 3.63) is 35.0 Å². The van der Waals surface area contributed by atoms with Crippen LogP contribution in [0.4, 0.5) is 5.13 Å². The molecule has 37 heavy (non-hydrogen) atoms. The molecule has 0 bridgehead atoms. The van der Waals surface area contributed by atoms with Crippen LogP contribution < -0.4 is 11.1 Å². The number of oxime groups is 1. The monoisotopic (exact) mass is 583 g/mol. The third kappa shape index (κ3) is 5.76. The molecule has 2 amide bonds. The Balaban J connectivity index is 1.48. The van der Waals surface area contributed by atoms with E-state index in [0.717, 1.165) is 11.3 Å². The van der Waals surface area contributed by atoms with Crippen molar-refractivity contribution in [1.82, 2.24) is 35.4 Å². The molecule has 1 saturated heterocycles. The first-order valence-electron chi connectivity index (χ1n) is 10.5. The van der Waals surface area contributed by atoms with Crippen LogP contribution in [0.15, 0.2) is 39.6 Å². The summed E-state index contributed by atoms with van der Waals surface area (Å²) in [5.74, 6) is -1.62. The molecule has 0 radical (unpaired) electrons. The number of nitrogen functional groups attached to an aromatic ring is 1. The summed E-state index contributed by atoms with van der Waals surface area (Å²) in [6.07, 6.45) is 3.45. The Labute approximate surface area is 227 Å². The van der Waals surface area contributed by atoms with Crippen LogP contribution in [-0.2, 0) is 25.8 Å². The first-order chi connectivity index (χ1) is 17.8. The fourth-order valence-corrected chi connectivity index (χ4v) is 6.51. The van der Waals surface area contributed by atoms with Crippen LogP contribution in [0, 0.1) is 0 Å². The van der Waals surface area contributed by atoms with Gasteiger partial charge in [0.1, 0.15) is 22.8 Å². The lowest BCUT2D eigenvalue weighted by molar-refractivity contribution is -0.150. The molecule has 4 N–H and O–H groups in total. The second-order valence-electron chi connectivity index (χ2n) is 7.39. The summed E-state index contributed by atoms with van der Waals surface area (Å²) in [5.41, 5.74) is 6.23. The first kappa shape index (κ1) is 27.0. The zero-order chi connectivity index (χ0) is 26.5. The van der Waals surface area contributed by atoms with Crippen molar-refractivity contribution in [3.8, 4) is 0 Å². The molecule has 0 aliphatic carbocycles. The maximum absolute atomic E-state index is 13.0. The summed E-state index contributed by atoms with van der Waals surface area (Å²) in [4.78, 5) is 48.6. The number of nitrogens with two attached hydrogens (primary N) is 1. The molecule has 0 aromatic carbocycles. The molecule has 2 aromatic heterocycles. The quantitative estimate of drug-likeness (QED) is 0.0595.